The molecule has 1 aliphatic rings. The van der Waals surface area contributed by atoms with Crippen LogP contribution in [0.4, 0.5) is 24.5 Å². The second kappa shape index (κ2) is 10.3. The van der Waals surface area contributed by atoms with E-state index < -0.39 is 17.6 Å². The molecular weight excluding hydrogens is 439 g/mol. The summed E-state index contributed by atoms with van der Waals surface area (Å²) in [6, 6.07) is 9.16. The SMILES string of the molecule is CCOc1cc(/C=C(/C#N)C(=O)Nc2cc(C(F)(F)F)ccc2N2CCOCC2)ccc1O. The monoisotopic (exact) mass is 461 g/mol. The summed E-state index contributed by atoms with van der Waals surface area (Å²) >= 11 is 0. The molecule has 0 unspecified atom stereocenters. The maximum atomic E-state index is 13.3. The summed E-state index contributed by atoms with van der Waals surface area (Å²) in [5.74, 6) is -0.787. The molecule has 0 atom stereocenters. The number of morpholine rings is 1. The van der Waals surface area contributed by atoms with E-state index in [2.05, 4.69) is 5.32 Å². The Balaban J connectivity index is 1.93. The van der Waals surface area contributed by atoms with Crippen molar-refractivity contribution < 1.29 is 32.5 Å². The highest BCUT2D eigenvalue weighted by Gasteiger charge is 2.32. The average molecular weight is 461 g/mol. The van der Waals surface area contributed by atoms with Gasteiger partial charge in [-0.1, -0.05) is 6.07 Å². The Morgan fingerprint density at radius 3 is 2.64 bits per heavy atom. The highest BCUT2D eigenvalue weighted by molar-refractivity contribution is 6.11. The van der Waals surface area contributed by atoms with Crippen LogP contribution in [0.2, 0.25) is 0 Å². The molecule has 2 aromatic rings. The Labute approximate surface area is 188 Å². The van der Waals surface area contributed by atoms with E-state index in [0.717, 1.165) is 12.1 Å². The summed E-state index contributed by atoms with van der Waals surface area (Å²) < 4.78 is 50.4. The third-order valence-corrected chi connectivity index (χ3v) is 4.88. The van der Waals surface area contributed by atoms with Crippen LogP contribution in [-0.2, 0) is 15.7 Å². The van der Waals surface area contributed by atoms with E-state index in [1.54, 1.807) is 13.0 Å². The Kier molecular flexibility index (Phi) is 7.45. The molecule has 0 bridgehead atoms. The van der Waals surface area contributed by atoms with Crippen molar-refractivity contribution in [2.24, 2.45) is 0 Å². The number of benzene rings is 2. The molecule has 3 rings (SSSR count). The van der Waals surface area contributed by atoms with Gasteiger partial charge < -0.3 is 24.8 Å². The van der Waals surface area contributed by atoms with Crippen molar-refractivity contribution in [1.82, 2.24) is 0 Å². The van der Waals surface area contributed by atoms with Crippen LogP contribution >= 0.6 is 0 Å². The lowest BCUT2D eigenvalue weighted by Gasteiger charge is -2.31. The van der Waals surface area contributed by atoms with Crippen molar-refractivity contribution in [3.05, 3.63) is 53.1 Å². The van der Waals surface area contributed by atoms with Gasteiger partial charge in [0.2, 0.25) is 0 Å². The largest absolute Gasteiger partial charge is 0.504 e. The van der Waals surface area contributed by atoms with Crippen molar-refractivity contribution in [3.63, 3.8) is 0 Å². The number of nitrogens with zero attached hydrogens (tertiary/aromatic N) is 2. The van der Waals surface area contributed by atoms with E-state index >= 15 is 0 Å². The lowest BCUT2D eigenvalue weighted by molar-refractivity contribution is -0.137. The van der Waals surface area contributed by atoms with Crippen molar-refractivity contribution in [2.75, 3.05) is 43.1 Å². The first-order chi connectivity index (χ1) is 15.7. The molecule has 33 heavy (non-hydrogen) atoms. The molecule has 0 radical (unpaired) electrons. The summed E-state index contributed by atoms with van der Waals surface area (Å²) in [7, 11) is 0. The van der Waals surface area contributed by atoms with Crippen molar-refractivity contribution in [2.45, 2.75) is 13.1 Å². The van der Waals surface area contributed by atoms with Crippen LogP contribution in [-0.4, -0.2) is 43.9 Å². The van der Waals surface area contributed by atoms with Crippen LogP contribution < -0.4 is 15.0 Å². The van der Waals surface area contributed by atoms with Gasteiger partial charge in [0.15, 0.2) is 11.5 Å². The molecular formula is C23H22F3N3O4. The van der Waals surface area contributed by atoms with Gasteiger partial charge in [0.1, 0.15) is 11.6 Å². The van der Waals surface area contributed by atoms with Crippen LogP contribution in [0.1, 0.15) is 18.1 Å². The first kappa shape index (κ1) is 23.9. The van der Waals surface area contributed by atoms with Gasteiger partial charge in [-0.3, -0.25) is 4.79 Å². The van der Waals surface area contributed by atoms with E-state index in [4.69, 9.17) is 9.47 Å². The summed E-state index contributed by atoms with van der Waals surface area (Å²) in [5.41, 5.74) is -0.496. The fourth-order valence-corrected chi connectivity index (χ4v) is 3.29. The predicted molar refractivity (Wildman–Crippen MR) is 116 cm³/mol. The number of carbonyl (C=O) groups excluding carboxylic acids is 1. The molecule has 1 aliphatic heterocycles. The number of nitriles is 1. The first-order valence-electron chi connectivity index (χ1n) is 10.2. The van der Waals surface area contributed by atoms with E-state index in [1.165, 1.54) is 30.3 Å². The van der Waals surface area contributed by atoms with Crippen molar-refractivity contribution in [1.29, 1.82) is 5.26 Å². The highest BCUT2D eigenvalue weighted by Crippen LogP contribution is 2.36. The van der Waals surface area contributed by atoms with E-state index in [-0.39, 0.29) is 22.8 Å². The van der Waals surface area contributed by atoms with Gasteiger partial charge in [-0.15, -0.1) is 0 Å². The quantitative estimate of drug-likeness (QED) is 0.495. The van der Waals surface area contributed by atoms with E-state index in [0.29, 0.717) is 44.2 Å². The number of ether oxygens (including phenoxy) is 2. The minimum atomic E-state index is -4.60. The molecule has 2 aromatic carbocycles. The Morgan fingerprint density at radius 1 is 1.27 bits per heavy atom. The molecule has 2 N–H and O–H groups in total. The van der Waals surface area contributed by atoms with Crippen LogP contribution in [0.3, 0.4) is 0 Å². The number of amides is 1. The number of alkyl halides is 3. The van der Waals surface area contributed by atoms with Gasteiger partial charge in [-0.25, -0.2) is 0 Å². The summed E-state index contributed by atoms with van der Waals surface area (Å²) in [6.07, 6.45) is -3.34. The Bertz CT molecular complexity index is 1090. The molecule has 0 aromatic heterocycles. The standard InChI is InChI=1S/C23H22F3N3O4/c1-2-33-21-12-15(3-6-20(21)30)11-16(14-27)22(31)28-18-13-17(23(24,25)26)4-5-19(18)29-7-9-32-10-8-29/h3-6,11-13,30H,2,7-10H2,1H3,(H,28,31)/b16-11-. The van der Waals surface area contributed by atoms with Gasteiger partial charge in [-0.05, 0) is 48.9 Å². The lowest BCUT2D eigenvalue weighted by atomic mass is 10.1. The van der Waals surface area contributed by atoms with Gasteiger partial charge in [0, 0.05) is 13.1 Å². The maximum absolute atomic E-state index is 13.3. The summed E-state index contributed by atoms with van der Waals surface area (Å²) in [4.78, 5) is 14.6. The number of phenolic OH excluding ortho intramolecular Hbond substituents is 1. The van der Waals surface area contributed by atoms with Crippen LogP contribution in [0.5, 0.6) is 11.5 Å². The molecule has 0 saturated carbocycles. The van der Waals surface area contributed by atoms with Crippen LogP contribution in [0.25, 0.3) is 6.08 Å². The molecule has 174 valence electrons. The third-order valence-electron chi connectivity index (χ3n) is 4.88. The first-order valence-corrected chi connectivity index (χ1v) is 10.2. The fraction of sp³-hybridized carbons (Fsp3) is 0.304. The van der Waals surface area contributed by atoms with E-state index in [9.17, 15) is 28.3 Å². The molecule has 7 nitrogen and oxygen atoms in total. The fourth-order valence-electron chi connectivity index (χ4n) is 3.29. The third kappa shape index (κ3) is 5.96. The molecule has 1 heterocycles. The van der Waals surface area contributed by atoms with Gasteiger partial charge in [0.05, 0.1) is 36.8 Å². The topological polar surface area (TPSA) is 94.8 Å². The van der Waals surface area contributed by atoms with Crippen LogP contribution in [0, 0.1) is 11.3 Å². The van der Waals surface area contributed by atoms with Gasteiger partial charge in [-0.2, -0.15) is 18.4 Å². The minimum Gasteiger partial charge on any atom is -0.504 e. The van der Waals surface area contributed by atoms with Crippen LogP contribution in [0.15, 0.2) is 42.0 Å². The predicted octanol–water partition coefficient (Wildman–Crippen LogP) is 4.19. The number of hydrogen-bond acceptors (Lipinski definition) is 6. The molecule has 1 amide bonds. The van der Waals surface area contributed by atoms with Crippen molar-refractivity contribution in [3.8, 4) is 17.6 Å². The number of aromatic hydroxyl groups is 1. The average Bonchev–Trinajstić information content (AvgIpc) is 2.79. The number of rotatable bonds is 6. The molecule has 1 fully saturated rings. The second-order valence-corrected chi connectivity index (χ2v) is 7.11. The molecule has 0 aliphatic carbocycles. The lowest BCUT2D eigenvalue weighted by Crippen LogP contribution is -2.37. The molecule has 0 spiro atoms. The number of carbonyl (C=O) groups is 1. The molecule has 1 saturated heterocycles. The summed E-state index contributed by atoms with van der Waals surface area (Å²) in [5, 5.41) is 21.8. The Hall–Kier alpha value is -3.71. The van der Waals surface area contributed by atoms with Gasteiger partial charge in [0.25, 0.3) is 5.91 Å². The second-order valence-electron chi connectivity index (χ2n) is 7.11. The van der Waals surface area contributed by atoms with Crippen molar-refractivity contribution >= 4 is 23.4 Å². The zero-order valence-corrected chi connectivity index (χ0v) is 17.8. The zero-order valence-electron chi connectivity index (χ0n) is 17.8. The number of hydrogen-bond donors (Lipinski definition) is 2. The number of anilines is 2. The number of nitrogens with one attached hydrogen (secondary N) is 1. The minimum absolute atomic E-state index is 0.0569. The number of halogens is 3. The normalized spacial score (nSPS) is 14.5. The zero-order chi connectivity index (χ0) is 24.0. The maximum Gasteiger partial charge on any atom is 0.416 e. The highest BCUT2D eigenvalue weighted by atomic mass is 19.4. The molecule has 10 heteroatoms. The Morgan fingerprint density at radius 2 is 2.00 bits per heavy atom. The van der Waals surface area contributed by atoms with Gasteiger partial charge >= 0.3 is 6.18 Å². The summed E-state index contributed by atoms with van der Waals surface area (Å²) in [6.45, 7) is 3.73. The number of phenols is 1. The smallest absolute Gasteiger partial charge is 0.416 e. The van der Waals surface area contributed by atoms with E-state index in [1.807, 2.05) is 4.90 Å².